The predicted molar refractivity (Wildman–Crippen MR) is 90.0 cm³/mol. The number of anilines is 1. The van der Waals surface area contributed by atoms with E-state index in [2.05, 4.69) is 25.6 Å². The van der Waals surface area contributed by atoms with Crippen molar-refractivity contribution in [2.45, 2.75) is 6.92 Å². The molecule has 0 radical (unpaired) electrons. The van der Waals surface area contributed by atoms with Gasteiger partial charge in [-0.25, -0.2) is 4.98 Å². The highest BCUT2D eigenvalue weighted by Gasteiger charge is 2.17. The van der Waals surface area contributed by atoms with Gasteiger partial charge in [0.15, 0.2) is 10.8 Å². The molecule has 0 bridgehead atoms. The summed E-state index contributed by atoms with van der Waals surface area (Å²) in [5, 5.41) is 17.5. The topological polar surface area (TPSA) is 90.0 Å². The third-order valence-electron chi connectivity index (χ3n) is 3.49. The molecule has 0 aliphatic heterocycles. The van der Waals surface area contributed by atoms with Crippen LogP contribution in [0.5, 0.6) is 0 Å². The number of hydrogen-bond acceptors (Lipinski definition) is 6. The summed E-state index contributed by atoms with van der Waals surface area (Å²) in [4.78, 5) is 16.9. The van der Waals surface area contributed by atoms with E-state index in [0.29, 0.717) is 16.3 Å². The quantitative estimate of drug-likeness (QED) is 0.618. The fourth-order valence-electron chi connectivity index (χ4n) is 2.39. The molecule has 0 saturated carbocycles. The molecule has 120 valence electrons. The van der Waals surface area contributed by atoms with E-state index in [9.17, 15) is 4.79 Å². The van der Waals surface area contributed by atoms with Gasteiger partial charge in [-0.3, -0.25) is 19.2 Å². The van der Waals surface area contributed by atoms with E-state index in [0.717, 1.165) is 17.0 Å². The van der Waals surface area contributed by atoms with Gasteiger partial charge in [0, 0.05) is 30.4 Å². The first-order valence-corrected chi connectivity index (χ1v) is 8.05. The van der Waals surface area contributed by atoms with Crippen molar-refractivity contribution in [1.82, 2.24) is 29.4 Å². The second-order valence-corrected chi connectivity index (χ2v) is 6.19. The van der Waals surface area contributed by atoms with Crippen LogP contribution in [0.25, 0.3) is 16.9 Å². The maximum atomic E-state index is 12.7. The zero-order chi connectivity index (χ0) is 16.7. The van der Waals surface area contributed by atoms with Gasteiger partial charge in [0.25, 0.3) is 5.91 Å². The molecule has 1 N–H and O–H groups in total. The number of rotatable bonds is 3. The number of thiazole rings is 1. The summed E-state index contributed by atoms with van der Waals surface area (Å²) in [6.07, 6.45) is 5.26. The smallest absolute Gasteiger partial charge is 0.261 e. The second-order valence-electron chi connectivity index (χ2n) is 5.33. The summed E-state index contributed by atoms with van der Waals surface area (Å²) < 4.78 is 3.43. The Morgan fingerprint density at radius 1 is 1.38 bits per heavy atom. The van der Waals surface area contributed by atoms with Gasteiger partial charge in [-0.1, -0.05) is 0 Å². The van der Waals surface area contributed by atoms with Gasteiger partial charge in [0.1, 0.15) is 6.33 Å². The number of carbonyl (C=O) groups is 1. The standard InChI is InChI=1S/C15H13N7OS/c1-9-7-24-15(17-9)18-14(23)11-5-10(12-3-4-21(2)20-12)6-22-8-16-19-13(11)22/h3-8H,1-2H3,(H,17,18,23). The molecule has 0 unspecified atom stereocenters. The molecular formula is C15H13N7OS. The lowest BCUT2D eigenvalue weighted by Crippen LogP contribution is -2.13. The minimum atomic E-state index is -0.278. The summed E-state index contributed by atoms with van der Waals surface area (Å²) in [6.45, 7) is 1.88. The van der Waals surface area contributed by atoms with Crippen LogP contribution in [0.4, 0.5) is 5.13 Å². The first-order chi connectivity index (χ1) is 11.6. The van der Waals surface area contributed by atoms with E-state index in [1.54, 1.807) is 21.5 Å². The zero-order valence-electron chi connectivity index (χ0n) is 13.0. The van der Waals surface area contributed by atoms with Crippen molar-refractivity contribution in [3.63, 3.8) is 0 Å². The highest BCUT2D eigenvalue weighted by Crippen LogP contribution is 2.22. The largest absolute Gasteiger partial charge is 0.298 e. The molecule has 0 fully saturated rings. The minimum Gasteiger partial charge on any atom is -0.298 e. The molecular weight excluding hydrogens is 326 g/mol. The number of fused-ring (bicyclic) bond motifs is 1. The van der Waals surface area contributed by atoms with Crippen LogP contribution >= 0.6 is 11.3 Å². The Balaban J connectivity index is 1.78. The van der Waals surface area contributed by atoms with E-state index in [1.807, 2.05) is 37.8 Å². The maximum absolute atomic E-state index is 12.7. The number of nitrogens with one attached hydrogen (secondary N) is 1. The first kappa shape index (κ1) is 14.5. The van der Waals surface area contributed by atoms with Crippen LogP contribution in [-0.4, -0.2) is 35.3 Å². The first-order valence-electron chi connectivity index (χ1n) is 7.17. The molecule has 0 saturated heterocycles. The molecule has 0 aliphatic rings. The number of aryl methyl sites for hydroxylation is 2. The fraction of sp³-hybridized carbons (Fsp3) is 0.133. The molecule has 8 nitrogen and oxygen atoms in total. The molecule has 4 rings (SSSR count). The normalized spacial score (nSPS) is 11.1. The van der Waals surface area contributed by atoms with Crippen molar-refractivity contribution in [2.75, 3.05) is 5.32 Å². The van der Waals surface area contributed by atoms with Crippen molar-refractivity contribution in [3.05, 3.63) is 47.5 Å². The highest BCUT2D eigenvalue weighted by molar-refractivity contribution is 7.13. The molecule has 0 aromatic carbocycles. The van der Waals surface area contributed by atoms with E-state index in [1.165, 1.54) is 11.3 Å². The maximum Gasteiger partial charge on any atom is 0.261 e. The van der Waals surface area contributed by atoms with E-state index >= 15 is 0 Å². The van der Waals surface area contributed by atoms with Crippen LogP contribution < -0.4 is 5.32 Å². The van der Waals surface area contributed by atoms with Gasteiger partial charge >= 0.3 is 0 Å². The minimum absolute atomic E-state index is 0.278. The van der Waals surface area contributed by atoms with Crippen LogP contribution in [0.3, 0.4) is 0 Å². The Labute approximate surface area is 140 Å². The number of amides is 1. The lowest BCUT2D eigenvalue weighted by molar-refractivity contribution is 0.102. The van der Waals surface area contributed by atoms with E-state index in [-0.39, 0.29) is 5.91 Å². The fourth-order valence-corrected chi connectivity index (χ4v) is 3.07. The van der Waals surface area contributed by atoms with Crippen LogP contribution in [-0.2, 0) is 7.05 Å². The average Bonchev–Trinajstić information content (AvgIpc) is 3.27. The average molecular weight is 339 g/mol. The molecule has 0 atom stereocenters. The summed E-state index contributed by atoms with van der Waals surface area (Å²) >= 11 is 1.38. The number of carbonyl (C=O) groups excluding carboxylic acids is 1. The third-order valence-corrected chi connectivity index (χ3v) is 4.36. The molecule has 1 amide bonds. The van der Waals surface area contributed by atoms with Crippen LogP contribution in [0.15, 0.2) is 36.2 Å². The zero-order valence-corrected chi connectivity index (χ0v) is 13.8. The van der Waals surface area contributed by atoms with Gasteiger partial charge in [-0.05, 0) is 19.1 Å². The third kappa shape index (κ3) is 2.54. The molecule has 0 spiro atoms. The Bertz CT molecular complexity index is 1050. The molecule has 4 aromatic heterocycles. The number of nitrogens with zero attached hydrogens (tertiary/aromatic N) is 6. The number of aromatic nitrogens is 6. The van der Waals surface area contributed by atoms with Crippen LogP contribution in [0.1, 0.15) is 16.1 Å². The lowest BCUT2D eigenvalue weighted by atomic mass is 10.1. The van der Waals surface area contributed by atoms with Gasteiger partial charge in [-0.2, -0.15) is 5.10 Å². The Morgan fingerprint density at radius 3 is 2.96 bits per heavy atom. The second kappa shape index (κ2) is 5.53. The van der Waals surface area contributed by atoms with Crippen molar-refractivity contribution in [2.24, 2.45) is 7.05 Å². The van der Waals surface area contributed by atoms with Crippen LogP contribution in [0, 0.1) is 6.92 Å². The van der Waals surface area contributed by atoms with Gasteiger partial charge in [0.2, 0.25) is 0 Å². The number of pyridine rings is 1. The van der Waals surface area contributed by atoms with E-state index in [4.69, 9.17) is 0 Å². The highest BCUT2D eigenvalue weighted by atomic mass is 32.1. The molecule has 4 heterocycles. The Morgan fingerprint density at radius 2 is 2.25 bits per heavy atom. The van der Waals surface area contributed by atoms with Gasteiger partial charge in [0.05, 0.1) is 17.0 Å². The summed E-state index contributed by atoms with van der Waals surface area (Å²) in [5.41, 5.74) is 3.35. The Hall–Kier alpha value is -3.07. The Kier molecular flexibility index (Phi) is 3.35. The van der Waals surface area contributed by atoms with Crippen molar-refractivity contribution >= 4 is 28.0 Å². The summed E-state index contributed by atoms with van der Waals surface area (Å²) in [7, 11) is 1.85. The van der Waals surface area contributed by atoms with Crippen molar-refractivity contribution in [3.8, 4) is 11.3 Å². The molecule has 24 heavy (non-hydrogen) atoms. The summed E-state index contributed by atoms with van der Waals surface area (Å²) in [6, 6.07) is 3.65. The molecule has 4 aromatic rings. The molecule has 0 aliphatic carbocycles. The van der Waals surface area contributed by atoms with Crippen molar-refractivity contribution < 1.29 is 4.79 Å². The monoisotopic (exact) mass is 339 g/mol. The van der Waals surface area contributed by atoms with Crippen LogP contribution in [0.2, 0.25) is 0 Å². The SMILES string of the molecule is Cc1csc(NC(=O)c2cc(-c3ccn(C)n3)cn3cnnc23)n1. The van der Waals surface area contributed by atoms with Gasteiger partial charge in [-0.15, -0.1) is 21.5 Å². The van der Waals surface area contributed by atoms with Crippen molar-refractivity contribution in [1.29, 1.82) is 0 Å². The number of hydrogen-bond donors (Lipinski definition) is 1. The van der Waals surface area contributed by atoms with E-state index < -0.39 is 0 Å². The predicted octanol–water partition coefficient (Wildman–Crippen LogP) is 2.15. The van der Waals surface area contributed by atoms with Gasteiger partial charge < -0.3 is 0 Å². The summed E-state index contributed by atoms with van der Waals surface area (Å²) in [5.74, 6) is -0.278. The lowest BCUT2D eigenvalue weighted by Gasteiger charge is -2.06. The molecule has 9 heteroatoms.